The lowest BCUT2D eigenvalue weighted by Crippen LogP contribution is -2.25. The molecule has 1 heterocycles. The Morgan fingerprint density at radius 1 is 1.14 bits per heavy atom. The van der Waals surface area contributed by atoms with E-state index in [-0.39, 0.29) is 5.91 Å². The number of carbonyl (C=O) groups is 1. The van der Waals surface area contributed by atoms with Crippen LogP contribution in [0.2, 0.25) is 0 Å². The maximum atomic E-state index is 12.8. The number of ether oxygens (including phenoxy) is 1. The third kappa shape index (κ3) is 5.01. The molecule has 7 nitrogen and oxygen atoms in total. The van der Waals surface area contributed by atoms with E-state index in [1.54, 1.807) is 14.1 Å². The van der Waals surface area contributed by atoms with Crippen molar-refractivity contribution in [1.29, 1.82) is 0 Å². The Morgan fingerprint density at radius 3 is 2.59 bits per heavy atom. The van der Waals surface area contributed by atoms with Gasteiger partial charge in [0.15, 0.2) is 0 Å². The van der Waals surface area contributed by atoms with E-state index in [1.807, 2.05) is 61.8 Å². The van der Waals surface area contributed by atoms with Gasteiger partial charge in [0.2, 0.25) is 0 Å². The van der Waals surface area contributed by atoms with Crippen molar-refractivity contribution >= 4 is 5.91 Å². The van der Waals surface area contributed by atoms with Gasteiger partial charge in [0, 0.05) is 51.1 Å². The summed E-state index contributed by atoms with van der Waals surface area (Å²) in [5.74, 6) is 1.06. The van der Waals surface area contributed by atoms with Gasteiger partial charge in [-0.2, -0.15) is 5.10 Å². The number of para-hydroxylation sites is 1. The van der Waals surface area contributed by atoms with Crippen LogP contribution < -0.4 is 10.5 Å². The number of likely N-dealkylation sites (N-methyl/N-ethyl adjacent to an activating group) is 1. The van der Waals surface area contributed by atoms with Crippen LogP contribution in [-0.4, -0.2) is 60.1 Å². The number of rotatable bonds is 8. The molecular formula is C22H27N5O2. The van der Waals surface area contributed by atoms with E-state index in [9.17, 15) is 4.79 Å². The van der Waals surface area contributed by atoms with Gasteiger partial charge in [-0.15, -0.1) is 0 Å². The van der Waals surface area contributed by atoms with Gasteiger partial charge in [-0.1, -0.05) is 18.2 Å². The predicted octanol–water partition coefficient (Wildman–Crippen LogP) is 2.96. The molecule has 3 rings (SSSR count). The van der Waals surface area contributed by atoms with Gasteiger partial charge >= 0.3 is 0 Å². The van der Waals surface area contributed by atoms with Gasteiger partial charge in [0.25, 0.3) is 5.91 Å². The first kappa shape index (κ1) is 20.6. The summed E-state index contributed by atoms with van der Waals surface area (Å²) >= 11 is 0. The Morgan fingerprint density at radius 2 is 1.90 bits per heavy atom. The molecule has 7 heteroatoms. The molecule has 29 heavy (non-hydrogen) atoms. The summed E-state index contributed by atoms with van der Waals surface area (Å²) in [5.41, 5.74) is 8.84. The molecule has 0 unspecified atom stereocenters. The largest absolute Gasteiger partial charge is 0.457 e. The SMILES string of the molecule is CN(CCN)Cc1c[nH]nc1-c1ccc(Oc2ccccc2)c(C(=O)N(C)C)c1. The fourth-order valence-electron chi connectivity index (χ4n) is 3.07. The van der Waals surface area contributed by atoms with E-state index in [4.69, 9.17) is 10.5 Å². The normalized spacial score (nSPS) is 10.9. The molecular weight excluding hydrogens is 366 g/mol. The topological polar surface area (TPSA) is 87.5 Å². The fourth-order valence-corrected chi connectivity index (χ4v) is 3.07. The maximum absolute atomic E-state index is 12.8. The van der Waals surface area contributed by atoms with Gasteiger partial charge in [0.1, 0.15) is 11.5 Å². The Hall–Kier alpha value is -3.16. The highest BCUT2D eigenvalue weighted by atomic mass is 16.5. The van der Waals surface area contributed by atoms with Crippen molar-refractivity contribution in [2.45, 2.75) is 6.54 Å². The molecule has 0 aliphatic heterocycles. The summed E-state index contributed by atoms with van der Waals surface area (Å²) in [4.78, 5) is 16.5. The van der Waals surface area contributed by atoms with E-state index in [0.717, 1.165) is 23.4 Å². The average Bonchev–Trinajstić information content (AvgIpc) is 3.16. The van der Waals surface area contributed by atoms with E-state index in [1.165, 1.54) is 4.90 Å². The Bertz CT molecular complexity index is 953. The molecule has 3 aromatic rings. The number of hydrogen-bond donors (Lipinski definition) is 2. The van der Waals surface area contributed by atoms with Crippen LogP contribution in [-0.2, 0) is 6.54 Å². The van der Waals surface area contributed by atoms with Crippen molar-refractivity contribution in [2.75, 3.05) is 34.2 Å². The minimum absolute atomic E-state index is 0.130. The van der Waals surface area contributed by atoms with Crippen molar-refractivity contribution in [3.05, 3.63) is 65.9 Å². The maximum Gasteiger partial charge on any atom is 0.257 e. The Kier molecular flexibility index (Phi) is 6.64. The molecule has 0 aliphatic carbocycles. The zero-order valence-electron chi connectivity index (χ0n) is 17.1. The number of nitrogens with two attached hydrogens (primary N) is 1. The second kappa shape index (κ2) is 9.36. The molecule has 0 saturated carbocycles. The molecule has 0 saturated heterocycles. The van der Waals surface area contributed by atoms with Gasteiger partial charge in [-0.3, -0.25) is 9.89 Å². The number of amides is 1. The lowest BCUT2D eigenvalue weighted by molar-refractivity contribution is 0.0825. The first-order chi connectivity index (χ1) is 14.0. The second-order valence-electron chi connectivity index (χ2n) is 7.11. The third-order valence-electron chi connectivity index (χ3n) is 4.53. The number of aromatic amines is 1. The molecule has 3 N–H and O–H groups in total. The molecule has 0 radical (unpaired) electrons. The average molecular weight is 393 g/mol. The second-order valence-corrected chi connectivity index (χ2v) is 7.11. The quantitative estimate of drug-likeness (QED) is 0.614. The zero-order chi connectivity index (χ0) is 20.8. The molecule has 0 fully saturated rings. The monoisotopic (exact) mass is 393 g/mol. The Labute approximate surface area is 171 Å². The van der Waals surface area contributed by atoms with Crippen molar-refractivity contribution in [3.63, 3.8) is 0 Å². The molecule has 1 amide bonds. The molecule has 0 atom stereocenters. The summed E-state index contributed by atoms with van der Waals surface area (Å²) in [6.45, 7) is 2.10. The van der Waals surface area contributed by atoms with Gasteiger partial charge in [-0.25, -0.2) is 0 Å². The minimum Gasteiger partial charge on any atom is -0.457 e. The summed E-state index contributed by atoms with van der Waals surface area (Å²) in [6, 6.07) is 15.0. The van der Waals surface area contributed by atoms with Crippen LogP contribution in [0.1, 0.15) is 15.9 Å². The fraction of sp³-hybridized carbons (Fsp3) is 0.273. The van der Waals surface area contributed by atoms with Crippen LogP contribution in [0.5, 0.6) is 11.5 Å². The van der Waals surface area contributed by atoms with E-state index in [0.29, 0.717) is 30.2 Å². The highest BCUT2D eigenvalue weighted by Gasteiger charge is 2.19. The number of aromatic nitrogens is 2. The van der Waals surface area contributed by atoms with Gasteiger partial charge < -0.3 is 20.3 Å². The highest BCUT2D eigenvalue weighted by Crippen LogP contribution is 2.31. The number of nitrogens with one attached hydrogen (secondary N) is 1. The van der Waals surface area contributed by atoms with E-state index < -0.39 is 0 Å². The van der Waals surface area contributed by atoms with Crippen LogP contribution in [0.25, 0.3) is 11.3 Å². The van der Waals surface area contributed by atoms with Crippen molar-refractivity contribution in [2.24, 2.45) is 5.73 Å². The molecule has 2 aromatic carbocycles. The van der Waals surface area contributed by atoms with E-state index in [2.05, 4.69) is 15.1 Å². The van der Waals surface area contributed by atoms with Crippen LogP contribution in [0.4, 0.5) is 0 Å². The van der Waals surface area contributed by atoms with Crippen LogP contribution in [0.15, 0.2) is 54.7 Å². The first-order valence-corrected chi connectivity index (χ1v) is 9.50. The smallest absolute Gasteiger partial charge is 0.257 e. The third-order valence-corrected chi connectivity index (χ3v) is 4.53. The lowest BCUT2D eigenvalue weighted by atomic mass is 10.0. The van der Waals surface area contributed by atoms with Crippen molar-refractivity contribution in [1.82, 2.24) is 20.0 Å². The standard InChI is InChI=1S/C22H27N5O2/c1-26(2)22(28)19-13-16(9-10-20(19)29-18-7-5-4-6-8-18)21-17(14-24-25-21)15-27(3)12-11-23/h4-10,13-14H,11-12,15,23H2,1-3H3,(H,24,25). The number of H-pyrrole nitrogens is 1. The molecule has 0 aliphatic rings. The molecule has 0 bridgehead atoms. The summed E-state index contributed by atoms with van der Waals surface area (Å²) in [6.07, 6.45) is 1.88. The number of hydrogen-bond acceptors (Lipinski definition) is 5. The zero-order valence-corrected chi connectivity index (χ0v) is 17.1. The summed E-state index contributed by atoms with van der Waals surface area (Å²) in [7, 11) is 5.47. The molecule has 152 valence electrons. The van der Waals surface area contributed by atoms with Crippen LogP contribution in [0.3, 0.4) is 0 Å². The van der Waals surface area contributed by atoms with Crippen LogP contribution in [0, 0.1) is 0 Å². The Balaban J connectivity index is 1.97. The summed E-state index contributed by atoms with van der Waals surface area (Å²) < 4.78 is 5.98. The lowest BCUT2D eigenvalue weighted by Gasteiger charge is -2.17. The number of nitrogens with zero attached hydrogens (tertiary/aromatic N) is 3. The minimum atomic E-state index is -0.130. The van der Waals surface area contributed by atoms with Gasteiger partial charge in [0.05, 0.1) is 11.3 Å². The van der Waals surface area contributed by atoms with Crippen molar-refractivity contribution < 1.29 is 9.53 Å². The molecule has 1 aromatic heterocycles. The van der Waals surface area contributed by atoms with Crippen LogP contribution >= 0.6 is 0 Å². The number of benzene rings is 2. The van der Waals surface area contributed by atoms with E-state index >= 15 is 0 Å². The van der Waals surface area contributed by atoms with Gasteiger partial charge in [-0.05, 0) is 37.4 Å². The highest BCUT2D eigenvalue weighted by molar-refractivity contribution is 5.98. The van der Waals surface area contributed by atoms with Crippen molar-refractivity contribution in [3.8, 4) is 22.8 Å². The predicted molar refractivity (Wildman–Crippen MR) is 114 cm³/mol. The molecule has 0 spiro atoms. The summed E-state index contributed by atoms with van der Waals surface area (Å²) in [5, 5.41) is 7.35. The number of carbonyl (C=O) groups excluding carboxylic acids is 1. The first-order valence-electron chi connectivity index (χ1n) is 9.50.